The van der Waals surface area contributed by atoms with E-state index in [-0.39, 0.29) is 17.0 Å². The Kier molecular flexibility index (Phi) is 5.14. The van der Waals surface area contributed by atoms with Gasteiger partial charge in [-0.2, -0.15) is 0 Å². The van der Waals surface area contributed by atoms with Crippen LogP contribution in [0.2, 0.25) is 0 Å². The summed E-state index contributed by atoms with van der Waals surface area (Å²) in [6.45, 7) is 2.01. The van der Waals surface area contributed by atoms with E-state index in [1.165, 1.54) is 29.3 Å². The number of aromatic nitrogens is 1. The summed E-state index contributed by atoms with van der Waals surface area (Å²) in [5, 5.41) is 11.0. The van der Waals surface area contributed by atoms with Gasteiger partial charge in [-0.15, -0.1) is 0 Å². The smallest absolute Gasteiger partial charge is 0.300 e. The van der Waals surface area contributed by atoms with Crippen molar-refractivity contribution < 1.29 is 19.1 Å². The molecule has 0 saturated carbocycles. The van der Waals surface area contributed by atoms with Gasteiger partial charge in [-0.25, -0.2) is 4.39 Å². The van der Waals surface area contributed by atoms with Gasteiger partial charge in [0.1, 0.15) is 17.6 Å². The number of nitrogens with zero attached hydrogens (tertiary/aromatic N) is 2. The highest BCUT2D eigenvalue weighted by atomic mass is 19.1. The molecule has 30 heavy (non-hydrogen) atoms. The van der Waals surface area contributed by atoms with Crippen LogP contribution in [0.25, 0.3) is 5.76 Å². The monoisotopic (exact) mass is 402 g/mol. The molecule has 150 valence electrons. The first-order chi connectivity index (χ1) is 14.5. The molecule has 1 N–H and O–H groups in total. The Balaban J connectivity index is 1.92. The number of hydrogen-bond acceptors (Lipinski definition) is 4. The normalized spacial score (nSPS) is 18.1. The van der Waals surface area contributed by atoms with E-state index in [1.807, 2.05) is 19.1 Å². The number of halogens is 1. The molecule has 2 aromatic carbocycles. The molecule has 1 unspecified atom stereocenters. The first-order valence-electron chi connectivity index (χ1n) is 9.58. The minimum Gasteiger partial charge on any atom is -0.507 e. The Morgan fingerprint density at radius 3 is 2.47 bits per heavy atom. The standard InChI is InChI=1S/C24H19FN2O3/c1-2-15-9-11-16(12-10-15)22(28)20-21(19-8-3-4-13-26-19)27(24(30)23(20)29)18-7-5-6-17(25)14-18/h3-14,21,28H,2H2,1H3/b22-20+. The van der Waals surface area contributed by atoms with Crippen molar-refractivity contribution in [3.63, 3.8) is 0 Å². The maximum absolute atomic E-state index is 13.9. The highest BCUT2D eigenvalue weighted by molar-refractivity contribution is 6.51. The second-order valence-corrected chi connectivity index (χ2v) is 6.95. The van der Waals surface area contributed by atoms with Gasteiger partial charge in [-0.1, -0.05) is 43.3 Å². The van der Waals surface area contributed by atoms with Crippen LogP contribution in [0.5, 0.6) is 0 Å². The first-order valence-corrected chi connectivity index (χ1v) is 9.58. The molecule has 2 heterocycles. The lowest BCUT2D eigenvalue weighted by Crippen LogP contribution is -2.29. The van der Waals surface area contributed by atoms with Crippen molar-refractivity contribution in [2.75, 3.05) is 4.90 Å². The number of ketones is 1. The van der Waals surface area contributed by atoms with Crippen LogP contribution in [-0.2, 0) is 16.0 Å². The summed E-state index contributed by atoms with van der Waals surface area (Å²) in [6.07, 6.45) is 2.37. The third kappa shape index (κ3) is 3.37. The average Bonchev–Trinajstić information content (AvgIpc) is 3.04. The van der Waals surface area contributed by atoms with Crippen molar-refractivity contribution in [3.05, 3.63) is 101 Å². The molecule has 0 radical (unpaired) electrons. The number of anilines is 1. The molecule has 1 saturated heterocycles. The van der Waals surface area contributed by atoms with Crippen LogP contribution in [0.15, 0.2) is 78.5 Å². The van der Waals surface area contributed by atoms with Gasteiger partial charge in [0.25, 0.3) is 11.7 Å². The Morgan fingerprint density at radius 2 is 1.83 bits per heavy atom. The number of pyridine rings is 1. The topological polar surface area (TPSA) is 70.5 Å². The summed E-state index contributed by atoms with van der Waals surface area (Å²) < 4.78 is 13.9. The molecule has 4 rings (SSSR count). The van der Waals surface area contributed by atoms with E-state index in [9.17, 15) is 19.1 Å². The molecule has 1 aliphatic rings. The number of benzene rings is 2. The summed E-state index contributed by atoms with van der Waals surface area (Å²) in [5.74, 6) is -2.51. The molecule has 3 aromatic rings. The molecular formula is C24H19FN2O3. The van der Waals surface area contributed by atoms with Gasteiger partial charge in [0.15, 0.2) is 0 Å². The predicted octanol–water partition coefficient (Wildman–Crippen LogP) is 4.41. The van der Waals surface area contributed by atoms with Gasteiger partial charge < -0.3 is 5.11 Å². The Morgan fingerprint density at radius 1 is 1.07 bits per heavy atom. The van der Waals surface area contributed by atoms with E-state index >= 15 is 0 Å². The van der Waals surface area contributed by atoms with Crippen LogP contribution in [0, 0.1) is 5.82 Å². The number of carbonyl (C=O) groups is 2. The van der Waals surface area contributed by atoms with E-state index in [0.717, 1.165) is 12.0 Å². The fraction of sp³-hybridized carbons (Fsp3) is 0.125. The van der Waals surface area contributed by atoms with Crippen molar-refractivity contribution in [2.45, 2.75) is 19.4 Å². The highest BCUT2D eigenvalue weighted by Gasteiger charge is 2.47. The number of hydrogen-bond donors (Lipinski definition) is 1. The van der Waals surface area contributed by atoms with Crippen LogP contribution < -0.4 is 4.90 Å². The minimum atomic E-state index is -0.973. The van der Waals surface area contributed by atoms with Crippen molar-refractivity contribution >= 4 is 23.1 Å². The summed E-state index contributed by atoms with van der Waals surface area (Å²) in [5.41, 5.74) is 2.03. The number of amides is 1. The van der Waals surface area contributed by atoms with E-state index < -0.39 is 23.5 Å². The number of rotatable bonds is 4. The molecule has 1 aromatic heterocycles. The molecule has 0 bridgehead atoms. The van der Waals surface area contributed by atoms with E-state index in [4.69, 9.17) is 0 Å². The SMILES string of the molecule is CCc1ccc(/C(O)=C2\C(=O)C(=O)N(c3cccc(F)c3)C2c2ccccn2)cc1. The summed E-state index contributed by atoms with van der Waals surface area (Å²) >= 11 is 0. The molecule has 1 fully saturated rings. The van der Waals surface area contributed by atoms with Crippen LogP contribution in [0.4, 0.5) is 10.1 Å². The fourth-order valence-corrected chi connectivity index (χ4v) is 3.60. The van der Waals surface area contributed by atoms with Gasteiger partial charge in [-0.05, 0) is 42.3 Å². The number of aliphatic hydroxyl groups is 1. The highest BCUT2D eigenvalue weighted by Crippen LogP contribution is 2.41. The van der Waals surface area contributed by atoms with Gasteiger partial charge in [0, 0.05) is 17.4 Å². The van der Waals surface area contributed by atoms with Crippen molar-refractivity contribution in [1.82, 2.24) is 4.98 Å². The maximum atomic E-state index is 13.9. The second kappa shape index (κ2) is 7.91. The molecule has 0 spiro atoms. The quantitative estimate of drug-likeness (QED) is 0.399. The van der Waals surface area contributed by atoms with Crippen LogP contribution in [0.3, 0.4) is 0 Å². The third-order valence-corrected chi connectivity index (χ3v) is 5.13. The number of aliphatic hydroxyl groups excluding tert-OH is 1. The summed E-state index contributed by atoms with van der Waals surface area (Å²) in [7, 11) is 0. The first kappa shape index (κ1) is 19.5. The lowest BCUT2D eigenvalue weighted by Gasteiger charge is -2.24. The van der Waals surface area contributed by atoms with Crippen molar-refractivity contribution in [2.24, 2.45) is 0 Å². The lowest BCUT2D eigenvalue weighted by molar-refractivity contribution is -0.132. The molecule has 5 nitrogen and oxygen atoms in total. The van der Waals surface area contributed by atoms with Crippen LogP contribution >= 0.6 is 0 Å². The zero-order valence-corrected chi connectivity index (χ0v) is 16.2. The third-order valence-electron chi connectivity index (χ3n) is 5.13. The van der Waals surface area contributed by atoms with E-state index in [2.05, 4.69) is 4.98 Å². The maximum Gasteiger partial charge on any atom is 0.300 e. The van der Waals surface area contributed by atoms with E-state index in [1.54, 1.807) is 36.4 Å². The zero-order valence-electron chi connectivity index (χ0n) is 16.2. The molecule has 1 aliphatic heterocycles. The van der Waals surface area contributed by atoms with Crippen LogP contribution in [-0.4, -0.2) is 21.8 Å². The second-order valence-electron chi connectivity index (χ2n) is 6.95. The van der Waals surface area contributed by atoms with Gasteiger partial charge in [0.2, 0.25) is 0 Å². The molecule has 1 amide bonds. The Hall–Kier alpha value is -3.80. The fourth-order valence-electron chi connectivity index (χ4n) is 3.60. The van der Waals surface area contributed by atoms with Gasteiger partial charge in [0.05, 0.1) is 11.3 Å². The van der Waals surface area contributed by atoms with Crippen LogP contribution in [0.1, 0.15) is 29.8 Å². The summed E-state index contributed by atoms with van der Waals surface area (Å²) in [6, 6.07) is 16.7. The molecule has 6 heteroatoms. The van der Waals surface area contributed by atoms with Crippen molar-refractivity contribution in [1.29, 1.82) is 0 Å². The number of carbonyl (C=O) groups excluding carboxylic acids is 2. The molecule has 0 aliphatic carbocycles. The Bertz CT molecular complexity index is 1140. The van der Waals surface area contributed by atoms with Gasteiger partial charge in [-0.3, -0.25) is 19.5 Å². The lowest BCUT2D eigenvalue weighted by atomic mass is 9.97. The van der Waals surface area contributed by atoms with Crippen molar-refractivity contribution in [3.8, 4) is 0 Å². The molecule has 1 atom stereocenters. The molecular weight excluding hydrogens is 383 g/mol. The Labute approximate surface area is 173 Å². The zero-order chi connectivity index (χ0) is 21.3. The number of Topliss-reactive ketones (excluding diaryl/α,β-unsaturated/α-hetero) is 1. The average molecular weight is 402 g/mol. The predicted molar refractivity (Wildman–Crippen MR) is 111 cm³/mol. The largest absolute Gasteiger partial charge is 0.507 e. The minimum absolute atomic E-state index is 0.0767. The van der Waals surface area contributed by atoms with E-state index in [0.29, 0.717) is 11.3 Å². The summed E-state index contributed by atoms with van der Waals surface area (Å²) in [4.78, 5) is 31.4. The van der Waals surface area contributed by atoms with Gasteiger partial charge >= 0.3 is 0 Å². The number of aryl methyl sites for hydroxylation is 1.